The van der Waals surface area contributed by atoms with E-state index in [-0.39, 0.29) is 18.3 Å². The van der Waals surface area contributed by atoms with Crippen LogP contribution in [0.15, 0.2) is 42.4 Å². The lowest BCUT2D eigenvalue weighted by molar-refractivity contribution is -0.160. The van der Waals surface area contributed by atoms with Gasteiger partial charge in [0.05, 0.1) is 0 Å². The average molecular weight is 291 g/mol. The van der Waals surface area contributed by atoms with Crippen molar-refractivity contribution in [3.05, 3.63) is 47.9 Å². The van der Waals surface area contributed by atoms with Crippen LogP contribution in [0.5, 0.6) is 0 Å². The maximum Gasteiger partial charge on any atom is 0.378 e. The van der Waals surface area contributed by atoms with Gasteiger partial charge in [-0.2, -0.15) is 0 Å². The van der Waals surface area contributed by atoms with Crippen LogP contribution in [0.2, 0.25) is 0 Å². The molecule has 0 bridgehead atoms. The Morgan fingerprint density at radius 2 is 1.90 bits per heavy atom. The van der Waals surface area contributed by atoms with E-state index in [2.05, 4.69) is 0 Å². The van der Waals surface area contributed by atoms with E-state index >= 15 is 0 Å². The summed E-state index contributed by atoms with van der Waals surface area (Å²) in [6.45, 7) is 0.661. The van der Waals surface area contributed by atoms with Gasteiger partial charge in [-0.15, -0.1) is 0 Å². The van der Waals surface area contributed by atoms with E-state index < -0.39 is 12.1 Å². The van der Waals surface area contributed by atoms with Crippen LogP contribution in [0.25, 0.3) is 0 Å². The van der Waals surface area contributed by atoms with Gasteiger partial charge in [0.15, 0.2) is 0 Å². The highest BCUT2D eigenvalue weighted by Gasteiger charge is 2.29. The van der Waals surface area contributed by atoms with E-state index in [1.54, 1.807) is 38.4 Å². The van der Waals surface area contributed by atoms with Gasteiger partial charge in [0.1, 0.15) is 19.5 Å². The molecule has 1 atom stereocenters. The maximum absolute atomic E-state index is 12.2. The highest BCUT2D eigenvalue weighted by atomic mass is 16.6. The molecule has 1 amide bonds. The number of rotatable bonds is 4. The molecule has 1 heterocycles. The molecule has 0 N–H and O–H groups in total. The molecule has 6 heteroatoms. The Labute approximate surface area is 122 Å². The fraction of sp³-hybridized carbons (Fsp3) is 0.333. The molecule has 0 aliphatic carbocycles. The number of benzene rings is 1. The van der Waals surface area contributed by atoms with E-state index in [9.17, 15) is 9.59 Å². The zero-order valence-corrected chi connectivity index (χ0v) is 11.9. The molecule has 0 spiro atoms. The molecule has 6 nitrogen and oxygen atoms in total. The van der Waals surface area contributed by atoms with Crippen LogP contribution in [0.1, 0.15) is 11.7 Å². The lowest BCUT2D eigenvalue weighted by Gasteiger charge is -2.22. The lowest BCUT2D eigenvalue weighted by Crippen LogP contribution is -2.32. The summed E-state index contributed by atoms with van der Waals surface area (Å²) in [6.07, 6.45) is 0.189. The molecular formula is C15H17NO5. The maximum atomic E-state index is 12.2. The predicted octanol–water partition coefficient (Wildman–Crippen LogP) is 1.25. The summed E-state index contributed by atoms with van der Waals surface area (Å²) in [4.78, 5) is 25.6. The number of amides is 1. The Hall–Kier alpha value is -2.50. The third-order valence-corrected chi connectivity index (χ3v) is 2.84. The van der Waals surface area contributed by atoms with Gasteiger partial charge in [-0.1, -0.05) is 30.3 Å². The second-order valence-electron chi connectivity index (χ2n) is 4.63. The molecule has 1 aromatic rings. The Kier molecular flexibility index (Phi) is 4.81. The van der Waals surface area contributed by atoms with E-state index in [4.69, 9.17) is 14.2 Å². The van der Waals surface area contributed by atoms with Crippen molar-refractivity contribution in [3.8, 4) is 0 Å². The average Bonchev–Trinajstić information content (AvgIpc) is 2.53. The number of carbonyl (C=O) groups is 2. The molecule has 112 valence electrons. The van der Waals surface area contributed by atoms with Gasteiger partial charge in [0.2, 0.25) is 11.9 Å². The second-order valence-corrected chi connectivity index (χ2v) is 4.63. The quantitative estimate of drug-likeness (QED) is 0.781. The van der Waals surface area contributed by atoms with Gasteiger partial charge in [-0.25, -0.2) is 4.79 Å². The van der Waals surface area contributed by atoms with Gasteiger partial charge < -0.3 is 19.1 Å². The fourth-order valence-electron chi connectivity index (χ4n) is 1.76. The first-order valence-electron chi connectivity index (χ1n) is 6.51. The Morgan fingerprint density at radius 1 is 1.19 bits per heavy atom. The fourth-order valence-corrected chi connectivity index (χ4v) is 1.76. The zero-order valence-electron chi connectivity index (χ0n) is 11.9. The molecule has 1 aliphatic heterocycles. The first kappa shape index (κ1) is 14.9. The summed E-state index contributed by atoms with van der Waals surface area (Å²) in [5.74, 6) is -1.08. The summed E-state index contributed by atoms with van der Waals surface area (Å²) in [5.41, 5.74) is 0.599. The van der Waals surface area contributed by atoms with Gasteiger partial charge in [0, 0.05) is 19.7 Å². The summed E-state index contributed by atoms with van der Waals surface area (Å²) in [7, 11) is 3.21. The zero-order chi connectivity index (χ0) is 15.2. The highest BCUT2D eigenvalue weighted by molar-refractivity contribution is 5.90. The molecule has 0 saturated carbocycles. The van der Waals surface area contributed by atoms with Crippen molar-refractivity contribution in [1.29, 1.82) is 0 Å². The molecule has 0 unspecified atom stereocenters. The van der Waals surface area contributed by atoms with Crippen molar-refractivity contribution in [1.82, 2.24) is 4.90 Å². The predicted molar refractivity (Wildman–Crippen MR) is 74.0 cm³/mol. The molecule has 0 radical (unpaired) electrons. The van der Waals surface area contributed by atoms with Crippen LogP contribution in [0.3, 0.4) is 0 Å². The summed E-state index contributed by atoms with van der Waals surface area (Å²) < 4.78 is 15.5. The number of nitrogens with zero attached hydrogens (tertiary/aromatic N) is 1. The third kappa shape index (κ3) is 3.75. The van der Waals surface area contributed by atoms with Crippen LogP contribution in [-0.4, -0.2) is 44.1 Å². The molecule has 1 aromatic carbocycles. The smallest absolute Gasteiger partial charge is 0.378 e. The molecule has 2 rings (SSSR count). The number of likely N-dealkylation sites (N-methyl/N-ethyl adjacent to an activating group) is 1. The number of ether oxygens (including phenoxy) is 3. The van der Waals surface area contributed by atoms with Crippen molar-refractivity contribution in [3.63, 3.8) is 0 Å². The van der Waals surface area contributed by atoms with E-state index in [0.717, 1.165) is 0 Å². The number of hydrogen-bond acceptors (Lipinski definition) is 5. The van der Waals surface area contributed by atoms with Crippen LogP contribution in [0.4, 0.5) is 0 Å². The first-order valence-corrected chi connectivity index (χ1v) is 6.51. The van der Waals surface area contributed by atoms with Crippen molar-refractivity contribution in [2.24, 2.45) is 0 Å². The van der Waals surface area contributed by atoms with Crippen molar-refractivity contribution in [2.75, 3.05) is 27.3 Å². The standard InChI is InChI=1S/C15H17NO5/c1-16(2)14(17)13(11-6-4-3-5-7-11)21-15(18)12-10-19-8-9-20-12/h3-7,10,13H,8-9H2,1-2H3/t13-/m1/s1. The highest BCUT2D eigenvalue weighted by Crippen LogP contribution is 2.21. The van der Waals surface area contributed by atoms with Crippen LogP contribution >= 0.6 is 0 Å². The summed E-state index contributed by atoms with van der Waals surface area (Å²) in [5, 5.41) is 0. The molecule has 0 aromatic heterocycles. The molecule has 1 aliphatic rings. The van der Waals surface area contributed by atoms with E-state index in [1.807, 2.05) is 6.07 Å². The molecular weight excluding hydrogens is 274 g/mol. The Balaban J connectivity index is 2.18. The Morgan fingerprint density at radius 3 is 2.48 bits per heavy atom. The lowest BCUT2D eigenvalue weighted by atomic mass is 10.1. The van der Waals surface area contributed by atoms with Gasteiger partial charge in [-0.3, -0.25) is 4.79 Å². The number of carbonyl (C=O) groups excluding carboxylic acids is 2. The summed E-state index contributed by atoms with van der Waals surface area (Å²) >= 11 is 0. The summed E-state index contributed by atoms with van der Waals surface area (Å²) in [6, 6.07) is 8.83. The van der Waals surface area contributed by atoms with Crippen molar-refractivity contribution < 1.29 is 23.8 Å². The van der Waals surface area contributed by atoms with Crippen LogP contribution in [-0.2, 0) is 23.8 Å². The monoisotopic (exact) mass is 291 g/mol. The normalized spacial score (nSPS) is 15.0. The second kappa shape index (κ2) is 6.78. The molecule has 21 heavy (non-hydrogen) atoms. The number of hydrogen-bond donors (Lipinski definition) is 0. The van der Waals surface area contributed by atoms with Crippen LogP contribution in [0, 0.1) is 0 Å². The molecule has 0 saturated heterocycles. The van der Waals surface area contributed by atoms with Crippen LogP contribution < -0.4 is 0 Å². The van der Waals surface area contributed by atoms with E-state index in [1.165, 1.54) is 11.2 Å². The van der Waals surface area contributed by atoms with Gasteiger partial charge >= 0.3 is 5.97 Å². The third-order valence-electron chi connectivity index (χ3n) is 2.84. The largest absolute Gasteiger partial charge is 0.493 e. The van der Waals surface area contributed by atoms with E-state index in [0.29, 0.717) is 12.2 Å². The minimum atomic E-state index is -1.01. The van der Waals surface area contributed by atoms with Crippen molar-refractivity contribution >= 4 is 11.9 Å². The molecule has 0 fully saturated rings. The number of esters is 1. The first-order chi connectivity index (χ1) is 10.1. The minimum absolute atomic E-state index is 0.0336. The minimum Gasteiger partial charge on any atom is -0.493 e. The van der Waals surface area contributed by atoms with Gasteiger partial charge in [-0.05, 0) is 0 Å². The van der Waals surface area contributed by atoms with Gasteiger partial charge in [0.25, 0.3) is 5.91 Å². The topological polar surface area (TPSA) is 65.1 Å². The Bertz CT molecular complexity index is 538. The SMILES string of the molecule is CN(C)C(=O)[C@H](OC(=O)C1=COCCO1)c1ccccc1. The van der Waals surface area contributed by atoms with Crippen molar-refractivity contribution in [2.45, 2.75) is 6.10 Å².